The van der Waals surface area contributed by atoms with E-state index in [2.05, 4.69) is 10.4 Å². The summed E-state index contributed by atoms with van der Waals surface area (Å²) in [5.74, 6) is 0.138. The summed E-state index contributed by atoms with van der Waals surface area (Å²) in [7, 11) is 2.73. The molecule has 1 N–H and O–H groups in total. The van der Waals surface area contributed by atoms with Crippen LogP contribution in [0.4, 0.5) is 5.69 Å². The number of ether oxygens (including phenoxy) is 2. The largest absolute Gasteiger partial charge is 0.495 e. The number of methoxy groups -OCH3 is 1. The molecule has 11 nitrogen and oxygen atoms in total. The van der Waals surface area contributed by atoms with Gasteiger partial charge in [-0.15, -0.1) is 0 Å². The van der Waals surface area contributed by atoms with Crippen molar-refractivity contribution in [3.63, 3.8) is 0 Å². The number of benzene rings is 4. The Labute approximate surface area is 292 Å². The third-order valence-corrected chi connectivity index (χ3v) is 10.1. The number of rotatable bonds is 11. The van der Waals surface area contributed by atoms with Crippen molar-refractivity contribution in [3.05, 3.63) is 114 Å². The number of carbonyl (C=O) groups is 2. The Bertz CT molecular complexity index is 2130. The minimum absolute atomic E-state index is 0.0292. The van der Waals surface area contributed by atoms with Crippen LogP contribution in [0.5, 0.6) is 11.5 Å². The quantitative estimate of drug-likeness (QED) is 0.190. The molecule has 0 aliphatic carbocycles. The summed E-state index contributed by atoms with van der Waals surface area (Å²) in [4.78, 5) is 29.4. The number of amides is 2. The zero-order chi connectivity index (χ0) is 35.4. The van der Waals surface area contributed by atoms with E-state index in [0.717, 1.165) is 11.3 Å². The third-order valence-electron chi connectivity index (χ3n) is 8.60. The first-order valence-corrected chi connectivity index (χ1v) is 17.8. The summed E-state index contributed by atoms with van der Waals surface area (Å²) < 4.78 is 40.7. The number of aryl methyl sites for hydroxylation is 1. The highest BCUT2D eigenvalue weighted by Gasteiger charge is 2.31. The number of nitrogens with zero attached hydrogens (tertiary/aromatic N) is 4. The van der Waals surface area contributed by atoms with Gasteiger partial charge in [0.1, 0.15) is 28.4 Å². The minimum Gasteiger partial charge on any atom is -0.495 e. The van der Waals surface area contributed by atoms with Crippen LogP contribution in [-0.2, 0) is 16.9 Å². The van der Waals surface area contributed by atoms with Crippen LogP contribution in [0.2, 0.25) is 0 Å². The van der Waals surface area contributed by atoms with Gasteiger partial charge in [0.25, 0.3) is 11.8 Å². The maximum atomic E-state index is 13.7. The van der Waals surface area contributed by atoms with Crippen LogP contribution in [-0.4, -0.2) is 86.1 Å². The summed E-state index contributed by atoms with van der Waals surface area (Å²) in [5.41, 5.74) is 4.63. The Balaban J connectivity index is 1.12. The molecule has 4 aromatic carbocycles. The van der Waals surface area contributed by atoms with E-state index in [1.54, 1.807) is 90.5 Å². The van der Waals surface area contributed by atoms with Crippen molar-refractivity contribution < 1.29 is 27.5 Å². The lowest BCUT2D eigenvalue weighted by molar-refractivity contribution is 0.0772. The van der Waals surface area contributed by atoms with Crippen molar-refractivity contribution in [1.82, 2.24) is 19.6 Å². The molecular weight excluding hydrogens is 655 g/mol. The summed E-state index contributed by atoms with van der Waals surface area (Å²) in [6.07, 6.45) is 2.04. The van der Waals surface area contributed by atoms with Gasteiger partial charge in [-0.25, -0.2) is 8.42 Å². The van der Waals surface area contributed by atoms with Gasteiger partial charge in [0.2, 0.25) is 0 Å². The molecule has 1 atom stereocenters. The predicted molar refractivity (Wildman–Crippen MR) is 192 cm³/mol. The highest BCUT2D eigenvalue weighted by molar-refractivity contribution is 7.91. The van der Waals surface area contributed by atoms with E-state index in [1.165, 1.54) is 12.0 Å². The number of anilines is 1. The van der Waals surface area contributed by atoms with Crippen LogP contribution in [0, 0.1) is 0 Å². The van der Waals surface area contributed by atoms with Crippen molar-refractivity contribution in [3.8, 4) is 33.9 Å². The van der Waals surface area contributed by atoms with Crippen LogP contribution >= 0.6 is 0 Å². The molecule has 0 saturated carbocycles. The summed E-state index contributed by atoms with van der Waals surface area (Å²) >= 11 is 0. The van der Waals surface area contributed by atoms with Gasteiger partial charge in [-0.2, -0.15) is 5.10 Å². The first kappa shape index (κ1) is 34.3. The van der Waals surface area contributed by atoms with E-state index in [-0.39, 0.29) is 28.6 Å². The van der Waals surface area contributed by atoms with E-state index in [0.29, 0.717) is 53.2 Å². The van der Waals surface area contributed by atoms with E-state index >= 15 is 0 Å². The van der Waals surface area contributed by atoms with Gasteiger partial charge in [0.05, 0.1) is 31.1 Å². The molecule has 1 aliphatic heterocycles. The topological polar surface area (TPSA) is 123 Å². The first-order chi connectivity index (χ1) is 24.0. The van der Waals surface area contributed by atoms with Gasteiger partial charge in [-0.05, 0) is 47.5 Å². The van der Waals surface area contributed by atoms with Crippen LogP contribution in [0.25, 0.3) is 22.4 Å². The number of hydrogen-bond acceptors (Lipinski definition) is 8. The van der Waals surface area contributed by atoms with Crippen molar-refractivity contribution in [1.29, 1.82) is 0 Å². The molecule has 2 heterocycles. The molecule has 0 unspecified atom stereocenters. The fourth-order valence-electron chi connectivity index (χ4n) is 6.03. The zero-order valence-corrected chi connectivity index (χ0v) is 29.2. The smallest absolute Gasteiger partial charge is 0.257 e. The number of carbonyl (C=O) groups excluding carboxylic acids is 2. The second kappa shape index (κ2) is 14.5. The number of aromatic nitrogens is 2. The Kier molecular flexibility index (Phi) is 9.91. The maximum absolute atomic E-state index is 13.7. The van der Waals surface area contributed by atoms with Gasteiger partial charge in [0, 0.05) is 57.0 Å². The molecule has 0 spiro atoms. The van der Waals surface area contributed by atoms with Crippen LogP contribution < -0.4 is 14.8 Å². The van der Waals surface area contributed by atoms with Gasteiger partial charge in [-0.1, -0.05) is 54.6 Å². The molecule has 6 rings (SSSR count). The Morgan fingerprint density at radius 2 is 1.66 bits per heavy atom. The zero-order valence-electron chi connectivity index (χ0n) is 28.4. The molecular formula is C38H39N5O6S. The van der Waals surface area contributed by atoms with Gasteiger partial charge >= 0.3 is 0 Å². The van der Waals surface area contributed by atoms with E-state index in [1.807, 2.05) is 43.4 Å². The molecule has 1 saturated heterocycles. The highest BCUT2D eigenvalue weighted by atomic mass is 32.2. The molecule has 2 amide bonds. The lowest BCUT2D eigenvalue weighted by Crippen LogP contribution is -2.31. The lowest BCUT2D eigenvalue weighted by Gasteiger charge is -2.18. The van der Waals surface area contributed by atoms with Crippen molar-refractivity contribution in [2.24, 2.45) is 7.05 Å². The molecule has 1 aromatic heterocycles. The fourth-order valence-corrected chi connectivity index (χ4v) is 7.31. The predicted octanol–water partition coefficient (Wildman–Crippen LogP) is 5.60. The highest BCUT2D eigenvalue weighted by Crippen LogP contribution is 2.32. The van der Waals surface area contributed by atoms with Gasteiger partial charge in [-0.3, -0.25) is 14.3 Å². The van der Waals surface area contributed by atoms with Crippen LogP contribution in [0.1, 0.15) is 27.1 Å². The first-order valence-electron chi connectivity index (χ1n) is 16.1. The number of nitrogens with one attached hydrogen (secondary N) is 1. The molecule has 1 aliphatic rings. The van der Waals surface area contributed by atoms with Gasteiger partial charge in [0.15, 0.2) is 9.84 Å². The molecule has 1 fully saturated rings. The molecule has 0 radical (unpaired) electrons. The standard InChI is InChI=1S/C38H39N5O6S/c1-41(2)37(44)29-13-8-12-27(20-29)28-16-17-34(48-4)35(21-28)50(46,47)25-39-30-14-9-15-31(22-30)49-32-18-19-43(24-32)38(45)33-23-40-42(3)36(33)26-10-6-5-7-11-26/h5-17,20-23,32,39H,18-19,24-25H2,1-4H3/t32-/m0/s1. The van der Waals surface area contributed by atoms with E-state index < -0.39 is 15.7 Å². The second-order valence-electron chi connectivity index (χ2n) is 12.3. The molecule has 50 heavy (non-hydrogen) atoms. The van der Waals surface area contributed by atoms with Crippen molar-refractivity contribution in [2.75, 3.05) is 45.5 Å². The Morgan fingerprint density at radius 3 is 2.42 bits per heavy atom. The third kappa shape index (κ3) is 7.35. The Morgan fingerprint density at radius 1 is 0.920 bits per heavy atom. The van der Waals surface area contributed by atoms with Crippen molar-refractivity contribution >= 4 is 27.3 Å². The second-order valence-corrected chi connectivity index (χ2v) is 14.2. The molecule has 0 bridgehead atoms. The van der Waals surface area contributed by atoms with E-state index in [4.69, 9.17) is 9.47 Å². The van der Waals surface area contributed by atoms with Crippen LogP contribution in [0.15, 0.2) is 108 Å². The molecule has 5 aromatic rings. The Hall–Kier alpha value is -5.62. The summed E-state index contributed by atoms with van der Waals surface area (Å²) in [5, 5.41) is 7.37. The average Bonchev–Trinajstić information content (AvgIpc) is 3.77. The number of sulfone groups is 1. The SMILES string of the molecule is COc1ccc(-c2cccc(C(=O)N(C)C)c2)cc1S(=O)(=O)CNc1cccc(O[C@H]2CCN(C(=O)c3cnn(C)c3-c3ccccc3)C2)c1. The number of likely N-dealkylation sites (tertiary alicyclic amines) is 1. The van der Waals surface area contributed by atoms with Crippen LogP contribution in [0.3, 0.4) is 0 Å². The van der Waals surface area contributed by atoms with Gasteiger partial charge < -0.3 is 24.6 Å². The minimum atomic E-state index is -3.88. The lowest BCUT2D eigenvalue weighted by atomic mass is 10.0. The van der Waals surface area contributed by atoms with Crippen molar-refractivity contribution in [2.45, 2.75) is 17.4 Å². The maximum Gasteiger partial charge on any atom is 0.257 e. The normalized spacial score (nSPS) is 14.3. The molecule has 258 valence electrons. The summed E-state index contributed by atoms with van der Waals surface area (Å²) in [6.45, 7) is 0.955. The number of hydrogen-bond donors (Lipinski definition) is 1. The fraction of sp³-hybridized carbons (Fsp3) is 0.237. The van der Waals surface area contributed by atoms with E-state index in [9.17, 15) is 18.0 Å². The average molecular weight is 694 g/mol. The monoisotopic (exact) mass is 693 g/mol. The summed E-state index contributed by atoms with van der Waals surface area (Å²) in [6, 6.07) is 28.8. The molecule has 12 heteroatoms.